The summed E-state index contributed by atoms with van der Waals surface area (Å²) in [5, 5.41) is 15.3. The van der Waals surface area contributed by atoms with Crippen LogP contribution in [-0.2, 0) is 0 Å². The van der Waals surface area contributed by atoms with Crippen LogP contribution in [0.25, 0.3) is 5.70 Å². The molecule has 1 aromatic rings. The molecule has 1 aliphatic carbocycles. The number of thiophene rings is 1. The minimum Gasteiger partial charge on any atom is -0.758 e. The maximum atomic E-state index is 12.3. The van der Waals surface area contributed by atoms with E-state index >= 15 is 0 Å². The number of hydroxylamine groups is 2. The molecule has 90 valence electrons. The quantitative estimate of drug-likeness (QED) is 0.720. The monoisotopic (exact) mass is 250 g/mol. The molecule has 1 saturated carbocycles. The predicted octanol–water partition coefficient (Wildman–Crippen LogP) is 2.95. The van der Waals surface area contributed by atoms with Gasteiger partial charge in [0, 0.05) is 16.1 Å². The van der Waals surface area contributed by atoms with E-state index in [0.717, 1.165) is 40.4 Å². The highest BCUT2D eigenvalue weighted by molar-refractivity contribution is 7.11. The zero-order valence-electron chi connectivity index (χ0n) is 9.41. The molecule has 0 unspecified atom stereocenters. The van der Waals surface area contributed by atoms with E-state index in [1.54, 1.807) is 0 Å². The number of hydrogen-bond donors (Lipinski definition) is 0. The summed E-state index contributed by atoms with van der Waals surface area (Å²) in [4.78, 5) is 12.8. The molecule has 1 aromatic heterocycles. The van der Waals surface area contributed by atoms with Gasteiger partial charge in [-0.3, -0.25) is 0 Å². The summed E-state index contributed by atoms with van der Waals surface area (Å²) < 4.78 is 0.993. The molecule has 5 heteroatoms. The second kappa shape index (κ2) is 4.23. The summed E-state index contributed by atoms with van der Waals surface area (Å²) in [6.45, 7) is 0. The summed E-state index contributed by atoms with van der Waals surface area (Å²) in [6, 6.07) is 3.48. The molecule has 0 N–H and O–H groups in total. The first-order valence-electron chi connectivity index (χ1n) is 5.95. The molecule has 0 aromatic carbocycles. The first-order valence-corrected chi connectivity index (χ1v) is 6.83. The molecular formula is C12H14N2O2S. The molecule has 2 atom stereocenters. The van der Waals surface area contributed by atoms with Crippen molar-refractivity contribution in [2.24, 2.45) is 0 Å². The van der Waals surface area contributed by atoms with Crippen molar-refractivity contribution in [3.63, 3.8) is 0 Å². The summed E-state index contributed by atoms with van der Waals surface area (Å²) in [6.07, 6.45) is 5.23. The normalized spacial score (nSPS) is 28.9. The SMILES string of the molecule is O=[N+]1C=C(c2cccs2)N([O-])[C@H]2CCCC[C@H]21. The van der Waals surface area contributed by atoms with E-state index in [-0.39, 0.29) is 12.1 Å². The topological polar surface area (TPSA) is 46.4 Å². The Balaban J connectivity index is 1.97. The molecule has 0 saturated heterocycles. The molecule has 0 radical (unpaired) electrons. The lowest BCUT2D eigenvalue weighted by atomic mass is 9.88. The van der Waals surface area contributed by atoms with Gasteiger partial charge < -0.3 is 10.3 Å². The molecule has 2 heterocycles. The lowest BCUT2D eigenvalue weighted by molar-refractivity contribution is -0.536. The minimum atomic E-state index is -0.164. The van der Waals surface area contributed by atoms with Crippen LogP contribution in [0.3, 0.4) is 0 Å². The number of fused-ring (bicyclic) bond motifs is 1. The van der Waals surface area contributed by atoms with Crippen molar-refractivity contribution in [2.75, 3.05) is 0 Å². The average Bonchev–Trinajstić information content (AvgIpc) is 2.87. The van der Waals surface area contributed by atoms with Gasteiger partial charge in [-0.05, 0) is 24.3 Å². The maximum Gasteiger partial charge on any atom is 0.245 e. The van der Waals surface area contributed by atoms with E-state index in [0.29, 0.717) is 5.70 Å². The summed E-state index contributed by atoms with van der Waals surface area (Å²) in [7, 11) is 0. The van der Waals surface area contributed by atoms with Crippen molar-refractivity contribution in [3.05, 3.63) is 38.7 Å². The van der Waals surface area contributed by atoms with Crippen molar-refractivity contribution in [1.82, 2.24) is 5.06 Å². The Bertz CT molecular complexity index is 455. The van der Waals surface area contributed by atoms with Gasteiger partial charge in [-0.2, -0.15) is 0 Å². The van der Waals surface area contributed by atoms with E-state index in [2.05, 4.69) is 0 Å². The Labute approximate surface area is 104 Å². The molecule has 0 bridgehead atoms. The maximum absolute atomic E-state index is 12.3. The first kappa shape index (κ1) is 10.9. The van der Waals surface area contributed by atoms with Crippen LogP contribution in [0, 0.1) is 10.1 Å². The van der Waals surface area contributed by atoms with Gasteiger partial charge in [-0.1, -0.05) is 12.5 Å². The van der Waals surface area contributed by atoms with E-state index in [1.165, 1.54) is 17.5 Å². The second-order valence-corrected chi connectivity index (χ2v) is 5.54. The van der Waals surface area contributed by atoms with Crippen molar-refractivity contribution < 1.29 is 4.76 Å². The van der Waals surface area contributed by atoms with Gasteiger partial charge in [0.15, 0.2) is 0 Å². The van der Waals surface area contributed by atoms with E-state index in [9.17, 15) is 10.1 Å². The van der Waals surface area contributed by atoms with Crippen LogP contribution in [0.5, 0.6) is 0 Å². The van der Waals surface area contributed by atoms with Gasteiger partial charge in [0.2, 0.25) is 12.2 Å². The van der Waals surface area contributed by atoms with Crippen molar-refractivity contribution in [3.8, 4) is 0 Å². The van der Waals surface area contributed by atoms with Crippen molar-refractivity contribution in [1.29, 1.82) is 0 Å². The van der Waals surface area contributed by atoms with Gasteiger partial charge in [0.25, 0.3) is 0 Å². The standard InChI is InChI=1S/C12H14N2O2S/c15-13-8-11(12-6-3-7-17-12)14(16)10-5-2-1-4-9(10)13/h3,6-10H,1-2,4-5H2/t9-,10+/m1/s1. The van der Waals surface area contributed by atoms with Gasteiger partial charge in [-0.25, -0.2) is 0 Å². The van der Waals surface area contributed by atoms with Gasteiger partial charge in [0.05, 0.1) is 10.9 Å². The van der Waals surface area contributed by atoms with Crippen LogP contribution in [0.2, 0.25) is 0 Å². The molecule has 17 heavy (non-hydrogen) atoms. The highest BCUT2D eigenvalue weighted by Gasteiger charge is 2.41. The van der Waals surface area contributed by atoms with Crippen LogP contribution in [0.4, 0.5) is 0 Å². The average molecular weight is 250 g/mol. The Morgan fingerprint density at radius 3 is 3.00 bits per heavy atom. The molecule has 2 aliphatic rings. The molecule has 3 rings (SSSR count). The fraction of sp³-hybridized carbons (Fsp3) is 0.500. The molecule has 0 amide bonds. The predicted molar refractivity (Wildman–Crippen MR) is 67.2 cm³/mol. The zero-order chi connectivity index (χ0) is 11.8. The van der Waals surface area contributed by atoms with Gasteiger partial charge in [0.1, 0.15) is 5.70 Å². The van der Waals surface area contributed by atoms with Gasteiger partial charge in [-0.15, -0.1) is 11.3 Å². The highest BCUT2D eigenvalue weighted by atomic mass is 32.1. The lowest BCUT2D eigenvalue weighted by Crippen LogP contribution is -2.48. The fourth-order valence-electron chi connectivity index (χ4n) is 2.71. The fourth-order valence-corrected chi connectivity index (χ4v) is 3.43. The second-order valence-electron chi connectivity index (χ2n) is 4.60. The zero-order valence-corrected chi connectivity index (χ0v) is 10.2. The van der Waals surface area contributed by atoms with Crippen molar-refractivity contribution >= 4 is 17.0 Å². The largest absolute Gasteiger partial charge is 0.758 e. The molecule has 1 aliphatic heterocycles. The van der Waals surface area contributed by atoms with E-state index < -0.39 is 0 Å². The first-order chi connectivity index (χ1) is 8.27. The number of rotatable bonds is 1. The third kappa shape index (κ3) is 1.79. The van der Waals surface area contributed by atoms with Crippen LogP contribution < -0.4 is 0 Å². The summed E-state index contributed by atoms with van der Waals surface area (Å²) >= 11 is 1.50. The Morgan fingerprint density at radius 1 is 1.41 bits per heavy atom. The van der Waals surface area contributed by atoms with Crippen LogP contribution in [0.15, 0.2) is 23.7 Å². The Morgan fingerprint density at radius 2 is 2.24 bits per heavy atom. The van der Waals surface area contributed by atoms with E-state index in [4.69, 9.17) is 0 Å². The van der Waals surface area contributed by atoms with Crippen LogP contribution in [0.1, 0.15) is 30.6 Å². The molecule has 0 spiro atoms. The number of hydrogen-bond acceptors (Lipinski definition) is 4. The van der Waals surface area contributed by atoms with Crippen LogP contribution in [-0.4, -0.2) is 21.9 Å². The highest BCUT2D eigenvalue weighted by Crippen LogP contribution is 2.35. The third-order valence-corrected chi connectivity index (χ3v) is 4.47. The summed E-state index contributed by atoms with van der Waals surface area (Å²) in [5.41, 5.74) is 0.526. The summed E-state index contributed by atoms with van der Waals surface area (Å²) in [5.74, 6) is 0. The van der Waals surface area contributed by atoms with E-state index in [1.807, 2.05) is 17.5 Å². The minimum absolute atomic E-state index is 0.148. The van der Waals surface area contributed by atoms with Crippen LogP contribution >= 0.6 is 11.3 Å². The van der Waals surface area contributed by atoms with Crippen molar-refractivity contribution in [2.45, 2.75) is 37.8 Å². The smallest absolute Gasteiger partial charge is 0.245 e. The molecule has 1 fully saturated rings. The lowest BCUT2D eigenvalue weighted by Gasteiger charge is -2.44. The third-order valence-electron chi connectivity index (χ3n) is 3.58. The molecule has 4 nitrogen and oxygen atoms in total. The Kier molecular flexibility index (Phi) is 2.72. The number of nitroso groups, excluding NO2 is 1. The van der Waals surface area contributed by atoms with Gasteiger partial charge >= 0.3 is 0 Å². The number of nitrogens with zero attached hydrogens (tertiary/aromatic N) is 2. The Hall–Kier alpha value is -1.20. The molecular weight excluding hydrogens is 236 g/mol.